The molecule has 3 heterocycles. The van der Waals surface area contributed by atoms with Crippen molar-refractivity contribution >= 4 is 21.8 Å². The number of aromatic amines is 1. The third-order valence-corrected chi connectivity index (χ3v) is 5.45. The van der Waals surface area contributed by atoms with Crippen LogP contribution in [0.2, 0.25) is 0 Å². The van der Waals surface area contributed by atoms with Crippen molar-refractivity contribution in [3.8, 4) is 28.5 Å². The minimum absolute atomic E-state index is 0.532. The Kier molecular flexibility index (Phi) is 4.04. The second-order valence-electron chi connectivity index (χ2n) is 7.79. The number of fused-ring (bicyclic) bond motifs is 3. The molecule has 0 fully saturated rings. The maximum atomic E-state index is 9.40. The summed E-state index contributed by atoms with van der Waals surface area (Å²) >= 11 is 0. The average molecular weight is 390 g/mol. The Balaban J connectivity index is 1.70. The quantitative estimate of drug-likeness (QED) is 0.466. The first-order valence-corrected chi connectivity index (χ1v) is 9.61. The number of nitrogens with one attached hydrogen (secondary N) is 1. The number of pyridine rings is 1. The van der Waals surface area contributed by atoms with Gasteiger partial charge in [0.1, 0.15) is 12.0 Å². The zero-order valence-electron chi connectivity index (χ0n) is 16.6. The van der Waals surface area contributed by atoms with Crippen molar-refractivity contribution in [2.75, 3.05) is 0 Å². The van der Waals surface area contributed by atoms with Crippen LogP contribution >= 0.6 is 0 Å². The fraction of sp³-hybridized carbons (Fsp3) is 0.125. The van der Waals surface area contributed by atoms with Gasteiger partial charge in [-0.15, -0.1) is 0 Å². The van der Waals surface area contributed by atoms with Crippen LogP contribution in [0.5, 0.6) is 0 Å². The maximum Gasteiger partial charge on any atom is 0.115 e. The summed E-state index contributed by atoms with van der Waals surface area (Å²) < 4.78 is 0. The van der Waals surface area contributed by atoms with Crippen molar-refractivity contribution < 1.29 is 0 Å². The molecule has 0 radical (unpaired) electrons. The van der Waals surface area contributed by atoms with Crippen molar-refractivity contribution in [2.24, 2.45) is 0 Å². The van der Waals surface area contributed by atoms with Gasteiger partial charge in [-0.2, -0.15) is 10.4 Å². The lowest BCUT2D eigenvalue weighted by atomic mass is 9.86. The molecular weight excluding hydrogens is 372 g/mol. The van der Waals surface area contributed by atoms with Gasteiger partial charge in [0.05, 0.1) is 28.7 Å². The zero-order chi connectivity index (χ0) is 20.7. The van der Waals surface area contributed by atoms with Crippen LogP contribution in [-0.2, 0) is 5.41 Å². The molecule has 0 aliphatic heterocycles. The molecule has 0 aliphatic rings. The van der Waals surface area contributed by atoms with Crippen molar-refractivity contribution in [3.63, 3.8) is 0 Å². The molecule has 0 unspecified atom stereocenters. The predicted octanol–water partition coefficient (Wildman–Crippen LogP) is 5.04. The van der Waals surface area contributed by atoms with Gasteiger partial charge >= 0.3 is 0 Å². The molecule has 0 saturated heterocycles. The normalized spacial score (nSPS) is 11.6. The van der Waals surface area contributed by atoms with E-state index in [1.165, 1.54) is 6.33 Å². The average Bonchev–Trinajstić information content (AvgIpc) is 3.24. The third-order valence-electron chi connectivity index (χ3n) is 5.45. The molecule has 6 nitrogen and oxygen atoms in total. The number of benzene rings is 2. The molecule has 0 bridgehead atoms. The number of nitriles is 1. The van der Waals surface area contributed by atoms with Crippen molar-refractivity contribution in [2.45, 2.75) is 19.3 Å². The van der Waals surface area contributed by atoms with Crippen LogP contribution in [0.15, 0.2) is 67.4 Å². The molecule has 5 aromatic rings. The number of hydrogen-bond donors (Lipinski definition) is 1. The fourth-order valence-electron chi connectivity index (χ4n) is 3.65. The highest BCUT2D eigenvalue weighted by Crippen LogP contribution is 2.34. The van der Waals surface area contributed by atoms with Crippen LogP contribution in [-0.4, -0.2) is 25.1 Å². The van der Waals surface area contributed by atoms with Gasteiger partial charge < -0.3 is 0 Å². The lowest BCUT2D eigenvalue weighted by Crippen LogP contribution is -2.13. The summed E-state index contributed by atoms with van der Waals surface area (Å²) in [6.45, 7) is 3.83. The van der Waals surface area contributed by atoms with Crippen molar-refractivity contribution in [1.29, 1.82) is 5.26 Å². The summed E-state index contributed by atoms with van der Waals surface area (Å²) in [5.74, 6) is 0. The number of aromatic nitrogens is 5. The number of H-pyrrole nitrogens is 1. The first-order valence-electron chi connectivity index (χ1n) is 9.61. The minimum atomic E-state index is -0.532. The minimum Gasteiger partial charge on any atom is -0.276 e. The molecule has 3 aromatic heterocycles. The predicted molar refractivity (Wildman–Crippen MR) is 116 cm³/mol. The summed E-state index contributed by atoms with van der Waals surface area (Å²) in [6, 6.07) is 16.5. The molecule has 5 rings (SSSR count). The first kappa shape index (κ1) is 18.0. The van der Waals surface area contributed by atoms with Gasteiger partial charge in [0, 0.05) is 34.3 Å². The second-order valence-corrected chi connectivity index (χ2v) is 7.79. The Morgan fingerprint density at radius 3 is 2.37 bits per heavy atom. The molecule has 0 spiro atoms. The van der Waals surface area contributed by atoms with E-state index < -0.39 is 5.41 Å². The standard InChI is InChI=1S/C24H18N6/c1-24(2,13-25)18-6-3-15(4-7-18)23-22-19-9-16(17-10-26-14-27-11-17)5-8-20(19)28-12-21(22)29-30-23/h3-12,14H,1-2H3,(H,29,30). The molecule has 30 heavy (non-hydrogen) atoms. The summed E-state index contributed by atoms with van der Waals surface area (Å²) in [5, 5.41) is 19.1. The van der Waals surface area contributed by atoms with Gasteiger partial charge in [-0.3, -0.25) is 10.1 Å². The van der Waals surface area contributed by atoms with Gasteiger partial charge in [-0.1, -0.05) is 30.3 Å². The maximum absolute atomic E-state index is 9.40. The van der Waals surface area contributed by atoms with E-state index in [2.05, 4.69) is 37.3 Å². The van der Waals surface area contributed by atoms with E-state index in [9.17, 15) is 5.26 Å². The van der Waals surface area contributed by atoms with E-state index in [4.69, 9.17) is 0 Å². The summed E-state index contributed by atoms with van der Waals surface area (Å²) in [4.78, 5) is 12.8. The lowest BCUT2D eigenvalue weighted by Gasteiger charge is -2.15. The Bertz CT molecular complexity index is 1410. The molecule has 2 aromatic carbocycles. The van der Waals surface area contributed by atoms with E-state index in [0.29, 0.717) is 0 Å². The molecule has 1 N–H and O–H groups in total. The molecule has 0 aliphatic carbocycles. The van der Waals surface area contributed by atoms with Gasteiger partial charge in [0.2, 0.25) is 0 Å². The van der Waals surface area contributed by atoms with Crippen LogP contribution in [0, 0.1) is 11.3 Å². The topological polar surface area (TPSA) is 91.1 Å². The van der Waals surface area contributed by atoms with Gasteiger partial charge in [0.25, 0.3) is 0 Å². The molecule has 0 atom stereocenters. The fourth-order valence-corrected chi connectivity index (χ4v) is 3.65. The van der Waals surface area contributed by atoms with E-state index in [1.807, 2.05) is 56.4 Å². The van der Waals surface area contributed by atoms with Crippen molar-refractivity contribution in [1.82, 2.24) is 25.1 Å². The van der Waals surface area contributed by atoms with E-state index in [-0.39, 0.29) is 0 Å². The Hall–Kier alpha value is -4.11. The van der Waals surface area contributed by atoms with Gasteiger partial charge in [-0.25, -0.2) is 9.97 Å². The van der Waals surface area contributed by atoms with Crippen LogP contribution in [0.1, 0.15) is 19.4 Å². The number of hydrogen-bond acceptors (Lipinski definition) is 5. The van der Waals surface area contributed by atoms with Gasteiger partial charge in [-0.05, 0) is 37.1 Å². The van der Waals surface area contributed by atoms with Crippen LogP contribution in [0.25, 0.3) is 44.2 Å². The number of nitrogens with zero attached hydrogens (tertiary/aromatic N) is 5. The second kappa shape index (κ2) is 6.75. The molecule has 144 valence electrons. The van der Waals surface area contributed by atoms with Crippen LogP contribution in [0.4, 0.5) is 0 Å². The highest BCUT2D eigenvalue weighted by molar-refractivity contribution is 6.11. The monoisotopic (exact) mass is 390 g/mol. The highest BCUT2D eigenvalue weighted by atomic mass is 15.1. The van der Waals surface area contributed by atoms with Crippen LogP contribution in [0.3, 0.4) is 0 Å². The van der Waals surface area contributed by atoms with Gasteiger partial charge in [0.15, 0.2) is 0 Å². The Labute approximate surface area is 173 Å². The van der Waals surface area contributed by atoms with E-state index in [1.54, 1.807) is 12.4 Å². The number of rotatable bonds is 3. The first-order chi connectivity index (χ1) is 14.6. The summed E-state index contributed by atoms with van der Waals surface area (Å²) in [7, 11) is 0. The summed E-state index contributed by atoms with van der Waals surface area (Å²) in [6.07, 6.45) is 6.93. The Morgan fingerprint density at radius 2 is 1.63 bits per heavy atom. The van der Waals surface area contributed by atoms with Crippen LogP contribution < -0.4 is 0 Å². The lowest BCUT2D eigenvalue weighted by molar-refractivity contribution is 0.687. The molecule has 0 amide bonds. The smallest absolute Gasteiger partial charge is 0.115 e. The van der Waals surface area contributed by atoms with Crippen molar-refractivity contribution in [3.05, 3.63) is 72.9 Å². The summed E-state index contributed by atoms with van der Waals surface area (Å²) in [5.41, 5.74) is 6.04. The molecular formula is C24H18N6. The van der Waals surface area contributed by atoms with E-state index >= 15 is 0 Å². The highest BCUT2D eigenvalue weighted by Gasteiger charge is 2.20. The zero-order valence-corrected chi connectivity index (χ0v) is 16.6. The third kappa shape index (κ3) is 2.88. The largest absolute Gasteiger partial charge is 0.276 e. The Morgan fingerprint density at radius 1 is 0.900 bits per heavy atom. The SMILES string of the molecule is CC(C)(C#N)c1ccc(-c2n[nH]c3cnc4ccc(-c5cncnc5)cc4c23)cc1. The molecule has 6 heteroatoms. The van der Waals surface area contributed by atoms with E-state index in [0.717, 1.165) is 49.8 Å². The molecule has 0 saturated carbocycles.